The summed E-state index contributed by atoms with van der Waals surface area (Å²) < 4.78 is 5.33. The van der Waals surface area contributed by atoms with E-state index in [1.54, 1.807) is 0 Å². The van der Waals surface area contributed by atoms with Crippen LogP contribution in [-0.2, 0) is 4.74 Å². The zero-order valence-corrected chi connectivity index (χ0v) is 5.58. The highest BCUT2D eigenvalue weighted by molar-refractivity contribution is 5.81. The summed E-state index contributed by atoms with van der Waals surface area (Å²) in [4.78, 5) is 0. The van der Waals surface area contributed by atoms with E-state index in [0.717, 1.165) is 12.3 Å². The maximum atomic E-state index is 7.47. The average Bonchev–Trinajstić information content (AvgIpc) is 2.62. The van der Waals surface area contributed by atoms with Crippen LogP contribution in [-0.4, -0.2) is 12.0 Å². The van der Waals surface area contributed by atoms with Gasteiger partial charge in [-0.05, 0) is 24.3 Å². The van der Waals surface area contributed by atoms with Crippen molar-refractivity contribution in [2.75, 3.05) is 0 Å². The molecule has 0 aromatic carbocycles. The van der Waals surface area contributed by atoms with Crippen LogP contribution in [0.3, 0.4) is 0 Å². The Labute approximate surface area is 59.4 Å². The zero-order valence-electron chi connectivity index (χ0n) is 5.58. The van der Waals surface area contributed by atoms with Crippen LogP contribution in [0.15, 0.2) is 12.2 Å². The Balaban J connectivity index is 2.06. The molecule has 1 N–H and O–H groups in total. The van der Waals surface area contributed by atoms with E-state index in [4.69, 9.17) is 10.1 Å². The van der Waals surface area contributed by atoms with Crippen molar-refractivity contribution in [3.05, 3.63) is 12.2 Å². The van der Waals surface area contributed by atoms with Crippen molar-refractivity contribution in [2.45, 2.75) is 12.5 Å². The second kappa shape index (κ2) is 1.29. The summed E-state index contributed by atoms with van der Waals surface area (Å²) in [5.41, 5.74) is 0. The van der Waals surface area contributed by atoms with E-state index in [9.17, 15) is 0 Å². The Morgan fingerprint density at radius 3 is 3.30 bits per heavy atom. The number of hydrogen-bond donors (Lipinski definition) is 1. The first-order chi connectivity index (χ1) is 4.86. The summed E-state index contributed by atoms with van der Waals surface area (Å²) >= 11 is 0. The van der Waals surface area contributed by atoms with Gasteiger partial charge >= 0.3 is 0 Å². The second-order valence-electron chi connectivity index (χ2n) is 3.41. The fourth-order valence-electron chi connectivity index (χ4n) is 2.26. The van der Waals surface area contributed by atoms with Crippen LogP contribution in [0.4, 0.5) is 0 Å². The van der Waals surface area contributed by atoms with Crippen LogP contribution in [0.2, 0.25) is 0 Å². The molecule has 1 heterocycles. The number of hydrogen-bond acceptors (Lipinski definition) is 2. The lowest BCUT2D eigenvalue weighted by atomic mass is 10.0. The van der Waals surface area contributed by atoms with Gasteiger partial charge in [-0.3, -0.25) is 5.41 Å². The van der Waals surface area contributed by atoms with Gasteiger partial charge in [-0.25, -0.2) is 0 Å². The molecular weight excluding hydrogens is 126 g/mol. The molecule has 0 amide bonds. The first-order valence-electron chi connectivity index (χ1n) is 3.79. The van der Waals surface area contributed by atoms with Gasteiger partial charge in [0.25, 0.3) is 0 Å². The molecule has 3 aliphatic rings. The summed E-state index contributed by atoms with van der Waals surface area (Å²) in [6, 6.07) is 0. The van der Waals surface area contributed by atoms with E-state index in [0.29, 0.717) is 17.7 Å². The van der Waals surface area contributed by atoms with E-state index >= 15 is 0 Å². The highest BCUT2D eigenvalue weighted by Gasteiger charge is 2.57. The van der Waals surface area contributed by atoms with Gasteiger partial charge in [0, 0.05) is 5.92 Å². The highest BCUT2D eigenvalue weighted by Crippen LogP contribution is 2.56. The Bertz CT molecular complexity index is 229. The van der Waals surface area contributed by atoms with Crippen LogP contribution < -0.4 is 0 Å². The van der Waals surface area contributed by atoms with Crippen LogP contribution in [0.5, 0.6) is 0 Å². The van der Waals surface area contributed by atoms with Crippen molar-refractivity contribution >= 4 is 5.90 Å². The fraction of sp³-hybridized carbons (Fsp3) is 0.625. The second-order valence-corrected chi connectivity index (χ2v) is 3.41. The quantitative estimate of drug-likeness (QED) is 0.497. The number of allylic oxidation sites excluding steroid dienone is 1. The number of rotatable bonds is 0. The van der Waals surface area contributed by atoms with Gasteiger partial charge in [-0.15, -0.1) is 0 Å². The summed E-state index contributed by atoms with van der Waals surface area (Å²) in [5, 5.41) is 7.47. The summed E-state index contributed by atoms with van der Waals surface area (Å²) in [6.07, 6.45) is 5.74. The minimum Gasteiger partial charge on any atom is -0.473 e. The van der Waals surface area contributed by atoms with E-state index in [1.807, 2.05) is 0 Å². The molecule has 1 aliphatic heterocycles. The van der Waals surface area contributed by atoms with Crippen molar-refractivity contribution in [1.82, 2.24) is 0 Å². The molecule has 2 fully saturated rings. The van der Waals surface area contributed by atoms with Crippen molar-refractivity contribution in [3.8, 4) is 0 Å². The molecule has 0 spiro atoms. The lowest BCUT2D eigenvalue weighted by Crippen LogP contribution is -2.23. The van der Waals surface area contributed by atoms with Gasteiger partial charge in [0.15, 0.2) is 5.90 Å². The van der Waals surface area contributed by atoms with Crippen molar-refractivity contribution in [1.29, 1.82) is 5.41 Å². The topological polar surface area (TPSA) is 33.1 Å². The molecule has 2 aliphatic carbocycles. The van der Waals surface area contributed by atoms with Gasteiger partial charge in [0.1, 0.15) is 6.10 Å². The Hall–Kier alpha value is -0.790. The van der Waals surface area contributed by atoms with Crippen LogP contribution >= 0.6 is 0 Å². The number of nitrogens with one attached hydrogen (secondary N) is 1. The summed E-state index contributed by atoms with van der Waals surface area (Å²) in [5.74, 6) is 2.45. The zero-order chi connectivity index (χ0) is 6.72. The van der Waals surface area contributed by atoms with Crippen LogP contribution in [0.1, 0.15) is 6.42 Å². The van der Waals surface area contributed by atoms with Gasteiger partial charge in [-0.1, -0.05) is 6.08 Å². The standard InChI is InChI=1S/C8H9NO/c9-8-7-5-2-1-4(10-8)3-6(5)7/h1-2,4-7,9H,3H2/t4-,5+,6-,7+/m0/s1. The van der Waals surface area contributed by atoms with Gasteiger partial charge in [0.2, 0.25) is 0 Å². The van der Waals surface area contributed by atoms with Crippen molar-refractivity contribution in [2.24, 2.45) is 17.8 Å². The third-order valence-electron chi connectivity index (χ3n) is 2.86. The highest BCUT2D eigenvalue weighted by atomic mass is 16.5. The molecule has 4 atom stereocenters. The lowest BCUT2D eigenvalue weighted by Gasteiger charge is -2.20. The third-order valence-corrected chi connectivity index (χ3v) is 2.86. The largest absolute Gasteiger partial charge is 0.473 e. The minimum atomic E-state index is 0.243. The predicted octanol–water partition coefficient (Wildman–Crippen LogP) is 1.18. The molecule has 1 saturated heterocycles. The molecule has 2 nitrogen and oxygen atoms in total. The molecule has 2 heteroatoms. The normalized spacial score (nSPS) is 54.2. The minimum absolute atomic E-state index is 0.243. The summed E-state index contributed by atoms with van der Waals surface area (Å²) in [7, 11) is 0. The van der Waals surface area contributed by atoms with Crippen molar-refractivity contribution < 1.29 is 4.74 Å². The van der Waals surface area contributed by atoms with Gasteiger partial charge in [0.05, 0.1) is 0 Å². The Morgan fingerprint density at radius 1 is 1.50 bits per heavy atom. The van der Waals surface area contributed by atoms with Crippen LogP contribution in [0.25, 0.3) is 0 Å². The number of fused-ring (bicyclic) bond motifs is 2. The Kier molecular flexibility index (Phi) is 0.636. The summed E-state index contributed by atoms with van der Waals surface area (Å²) in [6.45, 7) is 0. The smallest absolute Gasteiger partial charge is 0.185 e. The third kappa shape index (κ3) is 0.405. The maximum absolute atomic E-state index is 7.47. The lowest BCUT2D eigenvalue weighted by molar-refractivity contribution is 0.182. The van der Waals surface area contributed by atoms with Gasteiger partial charge < -0.3 is 4.74 Å². The predicted molar refractivity (Wildman–Crippen MR) is 36.8 cm³/mol. The first kappa shape index (κ1) is 4.94. The molecule has 0 radical (unpaired) electrons. The molecule has 0 aromatic heterocycles. The van der Waals surface area contributed by atoms with Crippen molar-refractivity contribution in [3.63, 3.8) is 0 Å². The average molecular weight is 135 g/mol. The molecule has 0 aromatic rings. The molecule has 0 unspecified atom stereocenters. The SMILES string of the molecule is N=C1O[C@H]2C=C[C@@H]3[C@H](C2)[C@H]13. The molecule has 1 saturated carbocycles. The maximum Gasteiger partial charge on any atom is 0.185 e. The monoisotopic (exact) mass is 135 g/mol. The number of ether oxygens (including phenoxy) is 1. The fourth-order valence-corrected chi connectivity index (χ4v) is 2.26. The van der Waals surface area contributed by atoms with E-state index in [-0.39, 0.29) is 6.10 Å². The molecule has 10 heavy (non-hydrogen) atoms. The first-order valence-corrected chi connectivity index (χ1v) is 3.79. The van der Waals surface area contributed by atoms with E-state index < -0.39 is 0 Å². The molecule has 3 rings (SSSR count). The Morgan fingerprint density at radius 2 is 2.40 bits per heavy atom. The van der Waals surface area contributed by atoms with Gasteiger partial charge in [-0.2, -0.15) is 0 Å². The van der Waals surface area contributed by atoms with Crippen LogP contribution in [0, 0.1) is 23.2 Å². The molecule has 2 bridgehead atoms. The van der Waals surface area contributed by atoms with E-state index in [2.05, 4.69) is 12.2 Å². The molecular formula is C8H9NO. The molecule has 52 valence electrons. The van der Waals surface area contributed by atoms with E-state index in [1.165, 1.54) is 0 Å².